The summed E-state index contributed by atoms with van der Waals surface area (Å²) < 4.78 is 11.2. The van der Waals surface area contributed by atoms with Crippen molar-refractivity contribution in [3.63, 3.8) is 0 Å². The van der Waals surface area contributed by atoms with Gasteiger partial charge in [0.2, 0.25) is 0 Å². The first kappa shape index (κ1) is 29.5. The Morgan fingerprint density at radius 2 is 1.94 bits per heavy atom. The molecule has 3 N–H and O–H groups in total. The Hall–Kier alpha value is -2.71. The van der Waals surface area contributed by atoms with Crippen molar-refractivity contribution in [2.75, 3.05) is 37.7 Å². The second-order valence-electron chi connectivity index (χ2n) is 9.04. The molecule has 0 spiro atoms. The third kappa shape index (κ3) is 7.64. The van der Waals surface area contributed by atoms with Crippen molar-refractivity contribution in [1.82, 2.24) is 9.88 Å². The van der Waals surface area contributed by atoms with Gasteiger partial charge in [-0.3, -0.25) is 15.2 Å². The molecule has 2 aliphatic heterocycles. The number of pyridine rings is 1. The number of carbonyl (C=O) groups is 1. The van der Waals surface area contributed by atoms with Crippen molar-refractivity contribution < 1.29 is 14.3 Å². The molecule has 2 aliphatic rings. The summed E-state index contributed by atoms with van der Waals surface area (Å²) in [6.07, 6.45) is 7.73. The van der Waals surface area contributed by atoms with E-state index in [0.29, 0.717) is 38.5 Å². The van der Waals surface area contributed by atoms with E-state index in [-0.39, 0.29) is 36.7 Å². The second-order valence-corrected chi connectivity index (χ2v) is 9.04. The standard InChI is InChI=1S/C26H35N5O3.2ClH/c1-2-33-25(32)6-4-21-16-29-11-7-24(21)30-12-8-19(9-13-30)18-34-23-5-3-20-10-14-31(26(27)28)17-22(20)15-23;;/h3,5,7,11,15-16,19H,2,4,6,8-10,12-14,17-18H2,1H3,(H3,27,28);2*1H. The van der Waals surface area contributed by atoms with E-state index in [0.717, 1.165) is 50.2 Å². The minimum Gasteiger partial charge on any atom is -0.493 e. The van der Waals surface area contributed by atoms with Crippen molar-refractivity contribution in [2.45, 2.75) is 45.6 Å². The number of aryl methyl sites for hydroxylation is 1. The molecule has 1 aromatic carbocycles. The number of nitrogens with two attached hydrogens (primary N) is 1. The zero-order valence-electron chi connectivity index (χ0n) is 20.8. The van der Waals surface area contributed by atoms with Crippen LogP contribution in [0.25, 0.3) is 0 Å². The first-order chi connectivity index (χ1) is 16.5. The molecule has 10 heteroatoms. The Balaban J connectivity index is 0.00000228. The average molecular weight is 539 g/mol. The smallest absolute Gasteiger partial charge is 0.306 e. The fraction of sp³-hybridized carbons (Fsp3) is 0.500. The number of guanidine groups is 1. The minimum absolute atomic E-state index is 0. The first-order valence-corrected chi connectivity index (χ1v) is 12.2. The zero-order valence-corrected chi connectivity index (χ0v) is 22.4. The van der Waals surface area contributed by atoms with Crippen LogP contribution in [0.4, 0.5) is 5.69 Å². The number of ether oxygens (including phenoxy) is 2. The number of piperidine rings is 1. The van der Waals surface area contributed by atoms with E-state index in [1.54, 1.807) is 0 Å². The lowest BCUT2D eigenvalue weighted by Gasteiger charge is -2.34. The lowest BCUT2D eigenvalue weighted by Crippen LogP contribution is -2.40. The van der Waals surface area contributed by atoms with Crippen molar-refractivity contribution in [2.24, 2.45) is 11.7 Å². The molecule has 0 atom stereocenters. The lowest BCUT2D eigenvalue weighted by molar-refractivity contribution is -0.143. The summed E-state index contributed by atoms with van der Waals surface area (Å²) in [7, 11) is 0. The summed E-state index contributed by atoms with van der Waals surface area (Å²) >= 11 is 0. The Morgan fingerprint density at radius 1 is 1.17 bits per heavy atom. The molecule has 198 valence electrons. The van der Waals surface area contributed by atoms with Crippen LogP contribution in [0.15, 0.2) is 36.7 Å². The fourth-order valence-corrected chi connectivity index (χ4v) is 4.77. The normalized spacial score (nSPS) is 15.2. The maximum Gasteiger partial charge on any atom is 0.306 e. The van der Waals surface area contributed by atoms with Gasteiger partial charge < -0.3 is 25.0 Å². The molecule has 8 nitrogen and oxygen atoms in total. The topological polar surface area (TPSA) is 105 Å². The van der Waals surface area contributed by atoms with Crippen LogP contribution in [-0.2, 0) is 28.9 Å². The van der Waals surface area contributed by atoms with Gasteiger partial charge in [-0.25, -0.2) is 0 Å². The number of hydrogen-bond acceptors (Lipinski definition) is 6. The first-order valence-electron chi connectivity index (χ1n) is 12.2. The van der Waals surface area contributed by atoms with Gasteiger partial charge in [-0.15, -0.1) is 24.8 Å². The summed E-state index contributed by atoms with van der Waals surface area (Å²) in [6.45, 7) is 6.33. The van der Waals surface area contributed by atoms with Crippen LogP contribution in [0, 0.1) is 11.3 Å². The number of carbonyl (C=O) groups excluding carboxylic acids is 1. The van der Waals surface area contributed by atoms with E-state index in [9.17, 15) is 4.79 Å². The SMILES string of the molecule is CCOC(=O)CCc1cnccc1N1CCC(COc2ccc3c(c2)CN(C(=N)N)CC3)CC1.Cl.Cl. The Morgan fingerprint density at radius 3 is 2.67 bits per heavy atom. The Bertz CT molecular complexity index is 1010. The minimum atomic E-state index is -0.163. The molecule has 3 heterocycles. The van der Waals surface area contributed by atoms with Gasteiger partial charge in [-0.2, -0.15) is 0 Å². The number of nitrogens with one attached hydrogen (secondary N) is 1. The zero-order chi connectivity index (χ0) is 23.9. The molecule has 0 aliphatic carbocycles. The molecular weight excluding hydrogens is 501 g/mol. The summed E-state index contributed by atoms with van der Waals surface area (Å²) in [5.41, 5.74) is 10.4. The van der Waals surface area contributed by atoms with Gasteiger partial charge >= 0.3 is 5.97 Å². The van der Waals surface area contributed by atoms with Gasteiger partial charge in [0.1, 0.15) is 5.75 Å². The van der Waals surface area contributed by atoms with Crippen LogP contribution >= 0.6 is 24.8 Å². The Kier molecular flexibility index (Phi) is 11.6. The van der Waals surface area contributed by atoms with Crippen molar-refractivity contribution >= 4 is 42.4 Å². The average Bonchev–Trinajstić information content (AvgIpc) is 2.86. The van der Waals surface area contributed by atoms with Gasteiger partial charge in [-0.05, 0) is 73.4 Å². The van der Waals surface area contributed by atoms with Crippen LogP contribution < -0.4 is 15.4 Å². The third-order valence-corrected chi connectivity index (χ3v) is 6.75. The molecule has 2 aromatic rings. The number of hydrogen-bond donors (Lipinski definition) is 2. The monoisotopic (exact) mass is 537 g/mol. The van der Waals surface area contributed by atoms with E-state index in [1.807, 2.05) is 24.2 Å². The summed E-state index contributed by atoms with van der Waals surface area (Å²) in [5.74, 6) is 1.36. The van der Waals surface area contributed by atoms with Crippen LogP contribution in [0.3, 0.4) is 0 Å². The lowest BCUT2D eigenvalue weighted by atomic mass is 9.96. The van der Waals surface area contributed by atoms with Crippen LogP contribution in [-0.4, -0.2) is 54.7 Å². The maximum atomic E-state index is 11.8. The van der Waals surface area contributed by atoms with Gasteiger partial charge in [0.25, 0.3) is 0 Å². The quantitative estimate of drug-likeness (QED) is 0.298. The van der Waals surface area contributed by atoms with Crippen LogP contribution in [0.5, 0.6) is 5.75 Å². The highest BCUT2D eigenvalue weighted by molar-refractivity contribution is 5.85. The molecule has 0 bridgehead atoms. The molecule has 0 unspecified atom stereocenters. The van der Waals surface area contributed by atoms with Crippen molar-refractivity contribution in [3.05, 3.63) is 53.3 Å². The molecule has 0 amide bonds. The highest BCUT2D eigenvalue weighted by Gasteiger charge is 2.23. The largest absolute Gasteiger partial charge is 0.493 e. The number of rotatable bonds is 8. The molecule has 0 radical (unpaired) electrons. The highest BCUT2D eigenvalue weighted by Crippen LogP contribution is 2.28. The number of halogens is 2. The van der Waals surface area contributed by atoms with E-state index in [1.165, 1.54) is 16.8 Å². The van der Waals surface area contributed by atoms with E-state index >= 15 is 0 Å². The fourth-order valence-electron chi connectivity index (χ4n) is 4.77. The Labute approximate surface area is 225 Å². The summed E-state index contributed by atoms with van der Waals surface area (Å²) in [6, 6.07) is 8.36. The number of esters is 1. The van der Waals surface area contributed by atoms with Gasteiger partial charge in [0.15, 0.2) is 5.96 Å². The molecule has 1 saturated heterocycles. The molecule has 36 heavy (non-hydrogen) atoms. The number of benzene rings is 1. The predicted octanol–water partition coefficient (Wildman–Crippen LogP) is 3.97. The van der Waals surface area contributed by atoms with E-state index in [4.69, 9.17) is 20.6 Å². The number of fused-ring (bicyclic) bond motifs is 1. The third-order valence-electron chi connectivity index (χ3n) is 6.75. The van der Waals surface area contributed by atoms with E-state index < -0.39 is 0 Å². The predicted molar refractivity (Wildman–Crippen MR) is 147 cm³/mol. The maximum absolute atomic E-state index is 11.8. The number of nitrogens with zero attached hydrogens (tertiary/aromatic N) is 3. The molecule has 0 saturated carbocycles. The summed E-state index contributed by atoms with van der Waals surface area (Å²) in [4.78, 5) is 20.3. The molecule has 4 rings (SSSR count). The summed E-state index contributed by atoms with van der Waals surface area (Å²) in [5, 5.41) is 7.69. The van der Waals surface area contributed by atoms with Gasteiger partial charge in [-0.1, -0.05) is 6.07 Å². The van der Waals surface area contributed by atoms with Crippen LogP contribution in [0.1, 0.15) is 42.9 Å². The van der Waals surface area contributed by atoms with Gasteiger partial charge in [0.05, 0.1) is 13.2 Å². The van der Waals surface area contributed by atoms with Gasteiger partial charge in [0, 0.05) is 50.7 Å². The van der Waals surface area contributed by atoms with Crippen LogP contribution in [0.2, 0.25) is 0 Å². The second kappa shape index (κ2) is 14.1. The number of aromatic nitrogens is 1. The van der Waals surface area contributed by atoms with E-state index in [2.05, 4.69) is 34.1 Å². The highest BCUT2D eigenvalue weighted by atomic mass is 35.5. The van der Waals surface area contributed by atoms with Crippen molar-refractivity contribution in [3.8, 4) is 5.75 Å². The number of anilines is 1. The van der Waals surface area contributed by atoms with Crippen molar-refractivity contribution in [1.29, 1.82) is 5.41 Å². The molecular formula is C26H37Cl2N5O3. The molecule has 1 fully saturated rings. The molecule has 1 aromatic heterocycles.